The summed E-state index contributed by atoms with van der Waals surface area (Å²) >= 11 is 0. The van der Waals surface area contributed by atoms with Gasteiger partial charge in [-0.2, -0.15) is 18.3 Å². The van der Waals surface area contributed by atoms with Gasteiger partial charge in [0.05, 0.1) is 0 Å². The van der Waals surface area contributed by atoms with Crippen molar-refractivity contribution < 1.29 is 18.0 Å². The van der Waals surface area contributed by atoms with E-state index < -0.39 is 24.2 Å². The van der Waals surface area contributed by atoms with Crippen LogP contribution in [0.5, 0.6) is 0 Å². The van der Waals surface area contributed by atoms with Gasteiger partial charge in [-0.1, -0.05) is 12.1 Å². The lowest BCUT2D eigenvalue weighted by Crippen LogP contribution is -2.21. The van der Waals surface area contributed by atoms with Crippen LogP contribution in [0, 0.1) is 0 Å². The van der Waals surface area contributed by atoms with Crippen molar-refractivity contribution in [3.05, 3.63) is 34.7 Å². The molecule has 0 bridgehead atoms. The molecule has 1 heterocycles. The van der Waals surface area contributed by atoms with E-state index in [-0.39, 0.29) is 11.5 Å². The van der Waals surface area contributed by atoms with Gasteiger partial charge in [-0.25, -0.2) is 9.89 Å². The zero-order valence-corrected chi connectivity index (χ0v) is 9.91. The van der Waals surface area contributed by atoms with Crippen LogP contribution in [0.1, 0.15) is 6.42 Å². The number of hydrogen-bond donors (Lipinski definition) is 3. The monoisotopic (exact) mass is 286 g/mol. The minimum atomic E-state index is -4.56. The molecule has 2 aromatic rings. The van der Waals surface area contributed by atoms with Gasteiger partial charge in [0.15, 0.2) is 5.82 Å². The minimum absolute atomic E-state index is 0.181. The van der Waals surface area contributed by atoms with Gasteiger partial charge in [0.1, 0.15) is 6.42 Å². The highest BCUT2D eigenvalue weighted by Gasteiger charge is 2.31. The van der Waals surface area contributed by atoms with E-state index in [2.05, 4.69) is 20.5 Å². The number of nitrogens with one attached hydrogen (secondary N) is 3. The summed E-state index contributed by atoms with van der Waals surface area (Å²) in [6.45, 7) is 0. The van der Waals surface area contributed by atoms with Crippen LogP contribution < -0.4 is 11.0 Å². The van der Waals surface area contributed by atoms with Crippen LogP contribution >= 0.6 is 0 Å². The van der Waals surface area contributed by atoms with E-state index in [0.29, 0.717) is 5.56 Å². The molecule has 1 amide bonds. The molecule has 0 aliphatic carbocycles. The molecular formula is C11H9F3N4O2. The number of carbonyl (C=O) groups is 1. The quantitative estimate of drug-likeness (QED) is 0.801. The number of amides is 1. The fraction of sp³-hybridized carbons (Fsp3) is 0.182. The van der Waals surface area contributed by atoms with Gasteiger partial charge < -0.3 is 5.32 Å². The Balaban J connectivity index is 2.14. The maximum atomic E-state index is 12.0. The van der Waals surface area contributed by atoms with Crippen LogP contribution in [0.15, 0.2) is 29.1 Å². The van der Waals surface area contributed by atoms with Crippen molar-refractivity contribution in [2.75, 3.05) is 5.32 Å². The largest absolute Gasteiger partial charge is 0.397 e. The number of rotatable bonds is 3. The Labute approximate surface area is 110 Å². The lowest BCUT2D eigenvalue weighted by atomic mass is 10.2. The van der Waals surface area contributed by atoms with E-state index in [1.807, 2.05) is 0 Å². The molecule has 0 unspecified atom stereocenters. The van der Waals surface area contributed by atoms with E-state index in [0.717, 1.165) is 0 Å². The molecule has 9 heteroatoms. The number of aromatic nitrogens is 3. The first-order valence-corrected chi connectivity index (χ1v) is 5.45. The highest BCUT2D eigenvalue weighted by Crippen LogP contribution is 2.22. The zero-order valence-electron chi connectivity index (χ0n) is 9.91. The molecule has 0 aliphatic heterocycles. The molecule has 0 fully saturated rings. The summed E-state index contributed by atoms with van der Waals surface area (Å²) in [4.78, 5) is 24.5. The first-order chi connectivity index (χ1) is 9.33. The van der Waals surface area contributed by atoms with Crippen LogP contribution in [-0.4, -0.2) is 27.3 Å². The SMILES string of the molecule is O=C(CC(F)(F)F)Nc1cccc(-c2n[nH]c(=O)[nH]2)c1. The topological polar surface area (TPSA) is 90.6 Å². The van der Waals surface area contributed by atoms with Gasteiger partial charge in [0, 0.05) is 11.3 Å². The Kier molecular flexibility index (Phi) is 3.59. The van der Waals surface area contributed by atoms with Crippen molar-refractivity contribution in [2.45, 2.75) is 12.6 Å². The summed E-state index contributed by atoms with van der Waals surface area (Å²) in [7, 11) is 0. The third-order valence-corrected chi connectivity index (χ3v) is 2.28. The second-order valence-corrected chi connectivity index (χ2v) is 3.95. The number of alkyl halides is 3. The number of benzene rings is 1. The van der Waals surface area contributed by atoms with Crippen LogP contribution in [0.3, 0.4) is 0 Å². The number of halogens is 3. The molecule has 0 saturated carbocycles. The van der Waals surface area contributed by atoms with Gasteiger partial charge in [0.2, 0.25) is 5.91 Å². The predicted octanol–water partition coefficient (Wildman–Crippen LogP) is 1.66. The predicted molar refractivity (Wildman–Crippen MR) is 63.9 cm³/mol. The maximum Gasteiger partial charge on any atom is 0.397 e. The van der Waals surface area contributed by atoms with Crippen LogP contribution in [-0.2, 0) is 4.79 Å². The Morgan fingerprint density at radius 1 is 1.35 bits per heavy atom. The van der Waals surface area contributed by atoms with E-state index in [1.54, 1.807) is 6.07 Å². The summed E-state index contributed by atoms with van der Waals surface area (Å²) in [5, 5.41) is 7.97. The third kappa shape index (κ3) is 3.70. The lowest BCUT2D eigenvalue weighted by molar-refractivity contribution is -0.150. The van der Waals surface area contributed by atoms with Crippen LogP contribution in [0.25, 0.3) is 11.4 Å². The Hall–Kier alpha value is -2.58. The van der Waals surface area contributed by atoms with E-state index >= 15 is 0 Å². The van der Waals surface area contributed by atoms with Crippen LogP contribution in [0.4, 0.5) is 18.9 Å². The lowest BCUT2D eigenvalue weighted by Gasteiger charge is -2.08. The number of H-pyrrole nitrogens is 2. The summed E-state index contributed by atoms with van der Waals surface area (Å²) in [6, 6.07) is 5.94. The smallest absolute Gasteiger partial charge is 0.326 e. The fourth-order valence-electron chi connectivity index (χ4n) is 1.54. The molecule has 3 N–H and O–H groups in total. The molecule has 6 nitrogen and oxygen atoms in total. The van der Waals surface area contributed by atoms with Gasteiger partial charge in [-0.05, 0) is 12.1 Å². The number of carbonyl (C=O) groups excluding carboxylic acids is 1. The van der Waals surface area contributed by atoms with Crippen molar-refractivity contribution in [1.82, 2.24) is 15.2 Å². The highest BCUT2D eigenvalue weighted by molar-refractivity contribution is 5.91. The van der Waals surface area contributed by atoms with Crippen molar-refractivity contribution in [2.24, 2.45) is 0 Å². The number of anilines is 1. The fourth-order valence-corrected chi connectivity index (χ4v) is 1.54. The molecule has 106 valence electrons. The molecule has 0 aliphatic rings. The Bertz CT molecular complexity index is 675. The first-order valence-electron chi connectivity index (χ1n) is 5.45. The molecule has 0 spiro atoms. The first kappa shape index (κ1) is 13.8. The average molecular weight is 286 g/mol. The van der Waals surface area contributed by atoms with Crippen LogP contribution in [0.2, 0.25) is 0 Å². The maximum absolute atomic E-state index is 12.0. The Morgan fingerprint density at radius 3 is 2.70 bits per heavy atom. The highest BCUT2D eigenvalue weighted by atomic mass is 19.4. The number of aromatic amines is 2. The zero-order chi connectivity index (χ0) is 14.8. The van der Waals surface area contributed by atoms with Crippen molar-refractivity contribution in [3.8, 4) is 11.4 Å². The number of hydrogen-bond acceptors (Lipinski definition) is 3. The van der Waals surface area contributed by atoms with Gasteiger partial charge >= 0.3 is 11.9 Å². The summed E-state index contributed by atoms with van der Waals surface area (Å²) in [6.07, 6.45) is -6.12. The van der Waals surface area contributed by atoms with E-state index in [1.165, 1.54) is 18.2 Å². The van der Waals surface area contributed by atoms with Crippen molar-refractivity contribution >= 4 is 11.6 Å². The molecule has 20 heavy (non-hydrogen) atoms. The summed E-state index contributed by atoms with van der Waals surface area (Å²) in [5.74, 6) is -0.938. The van der Waals surface area contributed by atoms with Gasteiger partial charge in [-0.3, -0.25) is 9.78 Å². The molecule has 0 radical (unpaired) electrons. The van der Waals surface area contributed by atoms with Gasteiger partial charge in [0.25, 0.3) is 0 Å². The van der Waals surface area contributed by atoms with E-state index in [9.17, 15) is 22.8 Å². The normalized spacial score (nSPS) is 11.3. The second-order valence-electron chi connectivity index (χ2n) is 3.95. The molecular weight excluding hydrogens is 277 g/mol. The third-order valence-electron chi connectivity index (χ3n) is 2.28. The average Bonchev–Trinajstić information content (AvgIpc) is 2.73. The Morgan fingerprint density at radius 2 is 2.10 bits per heavy atom. The minimum Gasteiger partial charge on any atom is -0.326 e. The second kappa shape index (κ2) is 5.19. The van der Waals surface area contributed by atoms with Gasteiger partial charge in [-0.15, -0.1) is 0 Å². The summed E-state index contributed by atoms with van der Waals surface area (Å²) in [5.41, 5.74) is 0.125. The molecule has 1 aromatic carbocycles. The number of nitrogens with zero attached hydrogens (tertiary/aromatic N) is 1. The van der Waals surface area contributed by atoms with Crippen molar-refractivity contribution in [1.29, 1.82) is 0 Å². The molecule has 1 aromatic heterocycles. The van der Waals surface area contributed by atoms with E-state index in [4.69, 9.17) is 0 Å². The molecule has 0 saturated heterocycles. The molecule has 0 atom stereocenters. The summed E-state index contributed by atoms with van der Waals surface area (Å²) < 4.78 is 36.1. The molecule has 2 rings (SSSR count). The standard InChI is InChI=1S/C11H9F3N4O2/c12-11(13,14)5-8(19)15-7-3-1-2-6(4-7)9-16-10(20)18-17-9/h1-4H,5H2,(H,15,19)(H2,16,17,18,20). The van der Waals surface area contributed by atoms with Crippen molar-refractivity contribution in [3.63, 3.8) is 0 Å².